The first-order chi connectivity index (χ1) is 5.56. The molecule has 0 N–H and O–H groups in total. The Labute approximate surface area is 74.6 Å². The lowest BCUT2D eigenvalue weighted by Crippen LogP contribution is -2.54. The van der Waals surface area contributed by atoms with E-state index in [9.17, 15) is 26.3 Å². The number of hydrogen-bond acceptors (Lipinski definition) is 1. The van der Waals surface area contributed by atoms with Crippen LogP contribution in [-0.2, 0) is 4.74 Å². The van der Waals surface area contributed by atoms with Crippen molar-refractivity contribution in [2.24, 2.45) is 0 Å². The molecular formula is C5H5ClF6O. The molecule has 8 heteroatoms. The standard InChI is InChI=1S/C5H5ClF6O/c1-2-13-3(6,4(7,8)9)5(10,11)12/h2H2,1H3. The van der Waals surface area contributed by atoms with Gasteiger partial charge in [-0.25, -0.2) is 0 Å². The van der Waals surface area contributed by atoms with Crippen molar-refractivity contribution in [2.75, 3.05) is 6.61 Å². The van der Waals surface area contributed by atoms with E-state index in [1.807, 2.05) is 0 Å². The van der Waals surface area contributed by atoms with Crippen molar-refractivity contribution in [1.29, 1.82) is 0 Å². The minimum atomic E-state index is -5.69. The Morgan fingerprint density at radius 1 is 1.00 bits per heavy atom. The fourth-order valence-corrected chi connectivity index (χ4v) is 0.632. The van der Waals surface area contributed by atoms with Gasteiger partial charge in [0.2, 0.25) is 0 Å². The fourth-order valence-electron chi connectivity index (χ4n) is 0.523. The smallest absolute Gasteiger partial charge is 0.345 e. The van der Waals surface area contributed by atoms with Gasteiger partial charge in [-0.1, -0.05) is 11.6 Å². The van der Waals surface area contributed by atoms with E-state index in [0.29, 0.717) is 0 Å². The average molecular weight is 231 g/mol. The lowest BCUT2D eigenvalue weighted by Gasteiger charge is -2.30. The second-order valence-corrected chi connectivity index (χ2v) is 2.56. The first-order valence-corrected chi connectivity index (χ1v) is 3.40. The number of hydrogen-bond donors (Lipinski definition) is 0. The second-order valence-electron chi connectivity index (χ2n) is 2.02. The van der Waals surface area contributed by atoms with Gasteiger partial charge in [-0.2, -0.15) is 26.3 Å². The summed E-state index contributed by atoms with van der Waals surface area (Å²) < 4.78 is 74.3. The first kappa shape index (κ1) is 12.8. The molecule has 0 fully saturated rings. The van der Waals surface area contributed by atoms with E-state index in [4.69, 9.17) is 0 Å². The maximum atomic E-state index is 11.8. The predicted octanol–water partition coefficient (Wildman–Crippen LogP) is 3.08. The van der Waals surface area contributed by atoms with Gasteiger partial charge >= 0.3 is 17.4 Å². The topological polar surface area (TPSA) is 9.23 Å². The average Bonchev–Trinajstić information content (AvgIpc) is 1.82. The van der Waals surface area contributed by atoms with E-state index in [1.54, 1.807) is 0 Å². The molecule has 0 aliphatic carbocycles. The van der Waals surface area contributed by atoms with Crippen molar-refractivity contribution in [3.63, 3.8) is 0 Å². The lowest BCUT2D eigenvalue weighted by atomic mass is 10.3. The summed E-state index contributed by atoms with van der Waals surface area (Å²) in [6, 6.07) is 0. The van der Waals surface area contributed by atoms with E-state index in [0.717, 1.165) is 6.92 Å². The molecule has 13 heavy (non-hydrogen) atoms. The zero-order valence-corrected chi connectivity index (χ0v) is 7.02. The van der Waals surface area contributed by atoms with Crippen LogP contribution in [0.5, 0.6) is 0 Å². The first-order valence-electron chi connectivity index (χ1n) is 3.02. The molecule has 80 valence electrons. The molecule has 0 saturated heterocycles. The minimum absolute atomic E-state index is 0.789. The molecule has 0 spiro atoms. The summed E-state index contributed by atoms with van der Waals surface area (Å²) >= 11 is 4.32. The summed E-state index contributed by atoms with van der Waals surface area (Å²) in [7, 11) is 0. The molecule has 0 bridgehead atoms. The number of alkyl halides is 7. The number of ether oxygens (including phenoxy) is 1. The number of rotatable bonds is 2. The Bertz CT molecular complexity index is 159. The largest absolute Gasteiger partial charge is 0.441 e. The van der Waals surface area contributed by atoms with Crippen molar-refractivity contribution in [3.8, 4) is 0 Å². The van der Waals surface area contributed by atoms with Gasteiger partial charge in [0.15, 0.2) is 0 Å². The molecule has 0 aliphatic heterocycles. The molecule has 0 aromatic rings. The predicted molar refractivity (Wildman–Crippen MR) is 32.3 cm³/mol. The third-order valence-electron chi connectivity index (χ3n) is 1.07. The van der Waals surface area contributed by atoms with E-state index in [-0.39, 0.29) is 0 Å². The summed E-state index contributed by atoms with van der Waals surface area (Å²) in [5.74, 6) is 0. The quantitative estimate of drug-likeness (QED) is 0.523. The molecule has 0 rings (SSSR count). The van der Waals surface area contributed by atoms with Crippen LogP contribution in [0.25, 0.3) is 0 Å². The minimum Gasteiger partial charge on any atom is -0.345 e. The molecule has 0 saturated carbocycles. The third kappa shape index (κ3) is 2.40. The van der Waals surface area contributed by atoms with Crippen LogP contribution in [-0.4, -0.2) is 24.0 Å². The normalized spacial score (nSPS) is 14.8. The molecule has 1 nitrogen and oxygen atoms in total. The van der Waals surface area contributed by atoms with Crippen LogP contribution in [0.15, 0.2) is 0 Å². The molecule has 0 amide bonds. The lowest BCUT2D eigenvalue weighted by molar-refractivity contribution is -0.343. The van der Waals surface area contributed by atoms with Gasteiger partial charge < -0.3 is 4.74 Å². The van der Waals surface area contributed by atoms with E-state index >= 15 is 0 Å². The van der Waals surface area contributed by atoms with Crippen LogP contribution in [0.2, 0.25) is 0 Å². The van der Waals surface area contributed by atoms with Crippen LogP contribution in [0, 0.1) is 0 Å². The molecule has 0 aromatic carbocycles. The third-order valence-corrected chi connectivity index (χ3v) is 1.61. The van der Waals surface area contributed by atoms with E-state index in [1.165, 1.54) is 0 Å². The highest BCUT2D eigenvalue weighted by molar-refractivity contribution is 6.24. The molecule has 0 aliphatic rings. The van der Waals surface area contributed by atoms with Crippen LogP contribution in [0.1, 0.15) is 6.92 Å². The molecule has 0 atom stereocenters. The zero-order valence-electron chi connectivity index (χ0n) is 6.26. The van der Waals surface area contributed by atoms with Gasteiger partial charge in [-0.3, -0.25) is 0 Å². The molecule has 0 heterocycles. The highest BCUT2D eigenvalue weighted by Crippen LogP contribution is 2.48. The van der Waals surface area contributed by atoms with Gasteiger partial charge in [0.05, 0.1) is 0 Å². The van der Waals surface area contributed by atoms with Crippen LogP contribution in [0.4, 0.5) is 26.3 Å². The molecule has 0 radical (unpaired) electrons. The highest BCUT2D eigenvalue weighted by atomic mass is 35.5. The van der Waals surface area contributed by atoms with Crippen molar-refractivity contribution in [1.82, 2.24) is 0 Å². The van der Waals surface area contributed by atoms with Gasteiger partial charge in [-0.15, -0.1) is 0 Å². The summed E-state index contributed by atoms with van der Waals surface area (Å²) in [5.41, 5.74) is 0. The van der Waals surface area contributed by atoms with E-state index in [2.05, 4.69) is 16.3 Å². The van der Waals surface area contributed by atoms with Crippen LogP contribution < -0.4 is 0 Å². The van der Waals surface area contributed by atoms with Gasteiger partial charge in [0.25, 0.3) is 0 Å². The Kier molecular flexibility index (Phi) is 3.48. The van der Waals surface area contributed by atoms with Crippen molar-refractivity contribution in [3.05, 3.63) is 0 Å². The molecule has 0 unspecified atom stereocenters. The van der Waals surface area contributed by atoms with Gasteiger partial charge in [0.1, 0.15) is 0 Å². The van der Waals surface area contributed by atoms with Crippen LogP contribution >= 0.6 is 11.6 Å². The Balaban J connectivity index is 4.96. The monoisotopic (exact) mass is 230 g/mol. The maximum Gasteiger partial charge on any atom is 0.441 e. The van der Waals surface area contributed by atoms with Gasteiger partial charge in [0, 0.05) is 6.61 Å². The Morgan fingerprint density at radius 2 is 1.31 bits per heavy atom. The Hall–Kier alpha value is -0.170. The van der Waals surface area contributed by atoms with Crippen molar-refractivity contribution in [2.45, 2.75) is 24.3 Å². The second kappa shape index (κ2) is 3.53. The zero-order chi connectivity index (χ0) is 10.9. The van der Waals surface area contributed by atoms with Gasteiger partial charge in [-0.05, 0) is 6.92 Å². The molecule has 0 aromatic heterocycles. The number of halogens is 7. The SMILES string of the molecule is CCOC(Cl)(C(F)(F)F)C(F)(F)F. The van der Waals surface area contributed by atoms with Crippen LogP contribution in [0.3, 0.4) is 0 Å². The summed E-state index contributed by atoms with van der Waals surface area (Å²) in [4.78, 5) is 0. The fraction of sp³-hybridized carbons (Fsp3) is 1.00. The highest BCUT2D eigenvalue weighted by Gasteiger charge is 2.71. The maximum absolute atomic E-state index is 11.8. The van der Waals surface area contributed by atoms with E-state index < -0.39 is 24.0 Å². The van der Waals surface area contributed by atoms with Crippen molar-refractivity contribution < 1.29 is 31.1 Å². The summed E-state index contributed by atoms with van der Waals surface area (Å²) in [6.07, 6.45) is -11.4. The summed E-state index contributed by atoms with van der Waals surface area (Å²) in [5, 5.41) is -4.60. The Morgan fingerprint density at radius 3 is 1.38 bits per heavy atom. The van der Waals surface area contributed by atoms with Crippen molar-refractivity contribution >= 4 is 11.6 Å². The molecular weight excluding hydrogens is 225 g/mol. The summed E-state index contributed by atoms with van der Waals surface area (Å²) in [6.45, 7) is 0.192.